The number of hydrogen-bond donors (Lipinski definition) is 1. The molecule has 0 saturated carbocycles. The van der Waals surface area contributed by atoms with Crippen molar-refractivity contribution in [3.8, 4) is 0 Å². The largest absolute Gasteiger partial charge is 0.420 e. The van der Waals surface area contributed by atoms with Crippen molar-refractivity contribution < 1.29 is 9.21 Å². The van der Waals surface area contributed by atoms with Crippen LogP contribution in [0.15, 0.2) is 69.9 Å². The molecule has 4 rings (SSSR count). The highest BCUT2D eigenvalue weighted by atomic mass is 35.5. The number of aromatic nitrogens is 1. The molecule has 25 heavy (non-hydrogen) atoms. The number of carbonyl (C=O) groups excluding carboxylic acids is 1. The van der Waals surface area contributed by atoms with E-state index in [9.17, 15) is 9.59 Å². The Morgan fingerprint density at radius 2 is 1.84 bits per heavy atom. The molecule has 1 N–H and O–H groups in total. The third kappa shape index (κ3) is 3.02. The van der Waals surface area contributed by atoms with Crippen molar-refractivity contribution in [1.29, 1.82) is 0 Å². The summed E-state index contributed by atoms with van der Waals surface area (Å²) >= 11 is 5.89. The van der Waals surface area contributed by atoms with Gasteiger partial charge >= 0.3 is 5.76 Å². The molecule has 0 spiro atoms. The number of carbonyl (C=O) groups is 1. The topological polar surface area (TPSA) is 64.2 Å². The fourth-order valence-electron chi connectivity index (χ4n) is 2.80. The molecule has 124 valence electrons. The van der Waals surface area contributed by atoms with Gasteiger partial charge in [-0.25, -0.2) is 4.79 Å². The van der Waals surface area contributed by atoms with Gasteiger partial charge in [-0.05, 0) is 35.0 Å². The molecular weight excluding hydrogens is 340 g/mol. The second-order valence-electron chi connectivity index (χ2n) is 5.68. The van der Waals surface area contributed by atoms with Crippen LogP contribution in [0, 0.1) is 0 Å². The Hall–Kier alpha value is -3.05. The minimum Gasteiger partial charge on any atom is -0.408 e. The van der Waals surface area contributed by atoms with E-state index in [4.69, 9.17) is 16.0 Å². The van der Waals surface area contributed by atoms with Gasteiger partial charge < -0.3 is 9.73 Å². The van der Waals surface area contributed by atoms with Crippen molar-refractivity contribution in [1.82, 2.24) is 4.57 Å². The molecule has 5 nitrogen and oxygen atoms in total. The Morgan fingerprint density at radius 1 is 1.04 bits per heavy atom. The first-order valence-electron chi connectivity index (χ1n) is 7.68. The molecule has 0 aliphatic heterocycles. The number of hydrogen-bond acceptors (Lipinski definition) is 3. The first kappa shape index (κ1) is 15.5. The van der Waals surface area contributed by atoms with Gasteiger partial charge in [-0.15, -0.1) is 0 Å². The summed E-state index contributed by atoms with van der Waals surface area (Å²) in [5, 5.41) is 5.40. The quantitative estimate of drug-likeness (QED) is 0.605. The lowest BCUT2D eigenvalue weighted by molar-refractivity contribution is -0.116. The summed E-state index contributed by atoms with van der Waals surface area (Å²) in [7, 11) is 0. The molecular formula is C19H13ClN2O3. The maximum absolute atomic E-state index is 12.3. The molecule has 0 atom stereocenters. The number of benzene rings is 3. The van der Waals surface area contributed by atoms with E-state index in [0.29, 0.717) is 21.8 Å². The number of nitrogens with zero attached hydrogens (tertiary/aromatic N) is 1. The second-order valence-corrected chi connectivity index (χ2v) is 6.11. The van der Waals surface area contributed by atoms with Crippen LogP contribution in [-0.2, 0) is 11.3 Å². The minimum atomic E-state index is -0.592. The summed E-state index contributed by atoms with van der Waals surface area (Å²) in [5.74, 6) is -0.902. The monoisotopic (exact) mass is 352 g/mol. The minimum absolute atomic E-state index is 0.139. The molecule has 0 fully saturated rings. The van der Waals surface area contributed by atoms with E-state index >= 15 is 0 Å². The summed E-state index contributed by atoms with van der Waals surface area (Å²) < 4.78 is 6.41. The highest BCUT2D eigenvalue weighted by Gasteiger charge is 2.13. The van der Waals surface area contributed by atoms with Gasteiger partial charge in [0.1, 0.15) is 6.54 Å². The zero-order chi connectivity index (χ0) is 17.4. The number of rotatable bonds is 3. The number of amides is 1. The van der Waals surface area contributed by atoms with Crippen LogP contribution in [0.25, 0.3) is 21.9 Å². The number of halogens is 1. The van der Waals surface area contributed by atoms with Gasteiger partial charge in [-0.2, -0.15) is 0 Å². The van der Waals surface area contributed by atoms with Crippen LogP contribution in [0.3, 0.4) is 0 Å². The Labute approximate surface area is 147 Å². The van der Waals surface area contributed by atoms with Crippen molar-refractivity contribution in [2.45, 2.75) is 6.54 Å². The molecule has 3 aromatic carbocycles. The van der Waals surface area contributed by atoms with E-state index in [2.05, 4.69) is 5.32 Å². The average Bonchev–Trinajstić information content (AvgIpc) is 2.89. The summed E-state index contributed by atoms with van der Waals surface area (Å²) in [6, 6.07) is 18.4. The third-order valence-corrected chi connectivity index (χ3v) is 4.20. The maximum atomic E-state index is 12.3. The summed E-state index contributed by atoms with van der Waals surface area (Å²) in [6.45, 7) is -0.139. The molecule has 1 amide bonds. The lowest BCUT2D eigenvalue weighted by Gasteiger charge is -2.07. The van der Waals surface area contributed by atoms with Gasteiger partial charge in [-0.3, -0.25) is 9.36 Å². The zero-order valence-electron chi connectivity index (χ0n) is 13.0. The van der Waals surface area contributed by atoms with Crippen LogP contribution in [0.1, 0.15) is 0 Å². The van der Waals surface area contributed by atoms with Crippen LogP contribution in [0.2, 0.25) is 5.02 Å². The molecule has 0 radical (unpaired) electrons. The van der Waals surface area contributed by atoms with E-state index in [1.165, 1.54) is 4.57 Å². The van der Waals surface area contributed by atoms with Crippen molar-refractivity contribution in [3.63, 3.8) is 0 Å². The Balaban J connectivity index is 1.59. The van der Waals surface area contributed by atoms with Gasteiger partial charge in [0.2, 0.25) is 5.91 Å². The first-order chi connectivity index (χ1) is 12.1. The summed E-state index contributed by atoms with van der Waals surface area (Å²) in [5.41, 5.74) is 1.56. The molecule has 0 aliphatic carbocycles. The third-order valence-electron chi connectivity index (χ3n) is 3.97. The van der Waals surface area contributed by atoms with Gasteiger partial charge in [0.25, 0.3) is 0 Å². The predicted molar refractivity (Wildman–Crippen MR) is 98.1 cm³/mol. The number of oxazole rings is 1. The molecule has 1 heterocycles. The second kappa shape index (κ2) is 6.11. The van der Waals surface area contributed by atoms with Crippen LogP contribution in [-0.4, -0.2) is 10.5 Å². The van der Waals surface area contributed by atoms with Gasteiger partial charge in [0.05, 0.1) is 5.52 Å². The molecule has 0 aliphatic rings. The summed E-state index contributed by atoms with van der Waals surface area (Å²) in [6.07, 6.45) is 0. The van der Waals surface area contributed by atoms with Gasteiger partial charge in [0.15, 0.2) is 5.58 Å². The fraction of sp³-hybridized carbons (Fsp3) is 0.0526. The first-order valence-corrected chi connectivity index (χ1v) is 8.05. The highest BCUT2D eigenvalue weighted by molar-refractivity contribution is 6.31. The Kier molecular flexibility index (Phi) is 3.78. The highest BCUT2D eigenvalue weighted by Crippen LogP contribution is 2.20. The van der Waals surface area contributed by atoms with Gasteiger partial charge in [0, 0.05) is 16.8 Å². The fourth-order valence-corrected chi connectivity index (χ4v) is 2.96. The predicted octanol–water partition coefficient (Wildman–Crippen LogP) is 4.04. The van der Waals surface area contributed by atoms with E-state index in [-0.39, 0.29) is 12.5 Å². The molecule has 0 saturated heterocycles. The Bertz CT molecular complexity index is 1160. The van der Waals surface area contributed by atoms with E-state index < -0.39 is 5.76 Å². The Morgan fingerprint density at radius 3 is 2.68 bits per heavy atom. The van der Waals surface area contributed by atoms with Crippen LogP contribution in [0.5, 0.6) is 0 Å². The molecule has 1 aromatic heterocycles. The molecule has 0 unspecified atom stereocenters. The normalized spacial score (nSPS) is 11.1. The number of nitrogens with one attached hydrogen (secondary N) is 1. The SMILES string of the molecule is O=C(Cn1c(=O)oc2cc(Cl)ccc21)Nc1ccc2ccccc2c1. The van der Waals surface area contributed by atoms with E-state index in [1.54, 1.807) is 18.2 Å². The van der Waals surface area contributed by atoms with Crippen molar-refractivity contribution in [3.05, 3.63) is 76.2 Å². The summed E-state index contributed by atoms with van der Waals surface area (Å²) in [4.78, 5) is 24.3. The maximum Gasteiger partial charge on any atom is 0.420 e. The van der Waals surface area contributed by atoms with Crippen molar-refractivity contribution >= 4 is 45.1 Å². The zero-order valence-corrected chi connectivity index (χ0v) is 13.8. The number of fused-ring (bicyclic) bond motifs is 2. The van der Waals surface area contributed by atoms with Gasteiger partial charge in [-0.1, -0.05) is 41.9 Å². The molecule has 4 aromatic rings. The standard InChI is InChI=1S/C19H13ClN2O3/c20-14-6-8-16-17(10-14)25-19(24)22(16)11-18(23)21-15-7-5-12-3-1-2-4-13(12)9-15/h1-10H,11H2,(H,21,23). The smallest absolute Gasteiger partial charge is 0.408 e. The van der Waals surface area contributed by atoms with Crippen LogP contribution < -0.4 is 11.1 Å². The van der Waals surface area contributed by atoms with Crippen LogP contribution in [0.4, 0.5) is 5.69 Å². The van der Waals surface area contributed by atoms with Crippen LogP contribution >= 0.6 is 11.6 Å². The average molecular weight is 353 g/mol. The van der Waals surface area contributed by atoms with E-state index in [0.717, 1.165) is 10.8 Å². The lowest BCUT2D eigenvalue weighted by Crippen LogP contribution is -2.24. The van der Waals surface area contributed by atoms with Crippen molar-refractivity contribution in [2.75, 3.05) is 5.32 Å². The van der Waals surface area contributed by atoms with Crippen molar-refractivity contribution in [2.24, 2.45) is 0 Å². The molecule has 6 heteroatoms. The number of anilines is 1. The van der Waals surface area contributed by atoms with E-state index in [1.807, 2.05) is 42.5 Å². The lowest BCUT2D eigenvalue weighted by atomic mass is 10.1. The molecule has 0 bridgehead atoms.